The Kier molecular flexibility index (Phi) is 5.98. The molecule has 1 heterocycles. The summed E-state index contributed by atoms with van der Waals surface area (Å²) in [5.41, 5.74) is 0. The second-order valence-corrected chi connectivity index (χ2v) is 6.60. The normalized spacial score (nSPS) is 16.8. The van der Waals surface area contributed by atoms with E-state index in [0.29, 0.717) is 12.4 Å². The van der Waals surface area contributed by atoms with Gasteiger partial charge < -0.3 is 14.8 Å². The maximum Gasteiger partial charge on any atom is 0.244 e. The van der Waals surface area contributed by atoms with E-state index in [-0.39, 0.29) is 17.5 Å². The first-order chi connectivity index (χ1) is 10.1. The van der Waals surface area contributed by atoms with Gasteiger partial charge >= 0.3 is 0 Å². The van der Waals surface area contributed by atoms with Crippen LogP contribution < -0.4 is 14.8 Å². The lowest BCUT2D eigenvalue weighted by atomic mass is 10.1. The highest BCUT2D eigenvalue weighted by atomic mass is 32.2. The molecule has 0 aromatic heterocycles. The average molecular weight is 314 g/mol. The van der Waals surface area contributed by atoms with Gasteiger partial charge in [-0.2, -0.15) is 0 Å². The topological polar surface area (TPSA) is 76.7 Å². The molecule has 1 aromatic rings. The van der Waals surface area contributed by atoms with Crippen LogP contribution in [0.3, 0.4) is 0 Å². The van der Waals surface area contributed by atoms with Crippen LogP contribution in [-0.4, -0.2) is 47.9 Å². The lowest BCUT2D eigenvalue weighted by molar-refractivity contribution is 0.0366. The predicted molar refractivity (Wildman–Crippen MR) is 80.0 cm³/mol. The standard InChI is InChI=1S/C14H22N2O4S/c1-19-13-4-2-3-5-14(13)21(17,18)16-10-11-20-12-6-8-15-9-7-12/h2-5,12,15-16H,6-11H2,1H3. The van der Waals surface area contributed by atoms with Crippen LogP contribution in [0.1, 0.15) is 12.8 Å². The molecule has 1 aliphatic rings. The fourth-order valence-electron chi connectivity index (χ4n) is 2.28. The Morgan fingerprint density at radius 1 is 1.29 bits per heavy atom. The third-order valence-electron chi connectivity index (χ3n) is 3.39. The zero-order chi connectivity index (χ0) is 15.1. The molecule has 0 bridgehead atoms. The SMILES string of the molecule is COc1ccccc1S(=O)(=O)NCCOC1CCNCC1. The summed E-state index contributed by atoms with van der Waals surface area (Å²) in [6.07, 6.45) is 2.17. The van der Waals surface area contributed by atoms with Crippen LogP contribution in [0.2, 0.25) is 0 Å². The van der Waals surface area contributed by atoms with E-state index in [2.05, 4.69) is 10.0 Å². The number of methoxy groups -OCH3 is 1. The third kappa shape index (κ3) is 4.67. The molecule has 2 rings (SSSR count). The van der Waals surface area contributed by atoms with Gasteiger partial charge in [-0.3, -0.25) is 0 Å². The summed E-state index contributed by atoms with van der Waals surface area (Å²) in [7, 11) is -2.12. The highest BCUT2D eigenvalue weighted by Gasteiger charge is 2.19. The first kappa shape index (κ1) is 16.2. The summed E-state index contributed by atoms with van der Waals surface area (Å²) in [6, 6.07) is 6.55. The maximum absolute atomic E-state index is 12.2. The fourth-order valence-corrected chi connectivity index (χ4v) is 3.46. The number of piperidine rings is 1. The van der Waals surface area contributed by atoms with Crippen LogP contribution in [0.4, 0.5) is 0 Å². The molecule has 2 N–H and O–H groups in total. The molecule has 0 amide bonds. The number of sulfonamides is 1. The third-order valence-corrected chi connectivity index (χ3v) is 4.89. The molecule has 7 heteroatoms. The van der Waals surface area contributed by atoms with Crippen molar-refractivity contribution in [2.24, 2.45) is 0 Å². The van der Waals surface area contributed by atoms with E-state index in [1.54, 1.807) is 18.2 Å². The number of rotatable bonds is 7. The Morgan fingerprint density at radius 3 is 2.71 bits per heavy atom. The van der Waals surface area contributed by atoms with E-state index in [0.717, 1.165) is 25.9 Å². The van der Waals surface area contributed by atoms with Crippen molar-refractivity contribution in [1.82, 2.24) is 10.0 Å². The van der Waals surface area contributed by atoms with E-state index in [1.165, 1.54) is 13.2 Å². The molecule has 0 saturated carbocycles. The smallest absolute Gasteiger partial charge is 0.244 e. The minimum atomic E-state index is -3.57. The second-order valence-electron chi connectivity index (χ2n) is 4.87. The average Bonchev–Trinajstić information content (AvgIpc) is 2.52. The van der Waals surface area contributed by atoms with Gasteiger partial charge in [0.15, 0.2) is 0 Å². The van der Waals surface area contributed by atoms with Gasteiger partial charge in [-0.25, -0.2) is 13.1 Å². The summed E-state index contributed by atoms with van der Waals surface area (Å²) < 4.78 is 37.7. The second kappa shape index (κ2) is 7.74. The molecule has 0 aliphatic carbocycles. The van der Waals surface area contributed by atoms with Crippen molar-refractivity contribution in [3.05, 3.63) is 24.3 Å². The van der Waals surface area contributed by atoms with E-state index >= 15 is 0 Å². The van der Waals surface area contributed by atoms with Crippen LogP contribution in [0, 0.1) is 0 Å². The predicted octanol–water partition coefficient (Wildman–Crippen LogP) is 0.742. The minimum Gasteiger partial charge on any atom is -0.495 e. The largest absolute Gasteiger partial charge is 0.495 e. The molecule has 1 fully saturated rings. The molecule has 1 aliphatic heterocycles. The van der Waals surface area contributed by atoms with E-state index < -0.39 is 10.0 Å². The van der Waals surface area contributed by atoms with E-state index in [4.69, 9.17) is 9.47 Å². The van der Waals surface area contributed by atoms with Gasteiger partial charge in [0, 0.05) is 6.54 Å². The van der Waals surface area contributed by atoms with Gasteiger partial charge in [0.05, 0.1) is 19.8 Å². The van der Waals surface area contributed by atoms with Crippen LogP contribution in [0.5, 0.6) is 5.75 Å². The number of benzene rings is 1. The number of para-hydroxylation sites is 1. The monoisotopic (exact) mass is 314 g/mol. The lowest BCUT2D eigenvalue weighted by Crippen LogP contribution is -2.34. The number of hydrogen-bond donors (Lipinski definition) is 2. The van der Waals surface area contributed by atoms with Crippen molar-refractivity contribution >= 4 is 10.0 Å². The molecule has 0 atom stereocenters. The Morgan fingerprint density at radius 2 is 2.00 bits per heavy atom. The zero-order valence-corrected chi connectivity index (χ0v) is 13.0. The molecule has 1 saturated heterocycles. The zero-order valence-electron chi connectivity index (χ0n) is 12.2. The fraction of sp³-hybridized carbons (Fsp3) is 0.571. The highest BCUT2D eigenvalue weighted by Crippen LogP contribution is 2.22. The van der Waals surface area contributed by atoms with Gasteiger partial charge in [0.2, 0.25) is 10.0 Å². The summed E-state index contributed by atoms with van der Waals surface area (Å²) in [5.74, 6) is 0.337. The van der Waals surface area contributed by atoms with Crippen molar-refractivity contribution < 1.29 is 17.9 Å². The first-order valence-corrected chi connectivity index (χ1v) is 8.57. The van der Waals surface area contributed by atoms with Gasteiger partial charge in [0.1, 0.15) is 10.6 Å². The van der Waals surface area contributed by atoms with Gasteiger partial charge in [-0.05, 0) is 38.1 Å². The Hall–Kier alpha value is -1.15. The molecular weight excluding hydrogens is 292 g/mol. The van der Waals surface area contributed by atoms with Gasteiger partial charge in [-0.1, -0.05) is 12.1 Å². The van der Waals surface area contributed by atoms with Crippen molar-refractivity contribution in [3.63, 3.8) is 0 Å². The molecular formula is C14H22N2O4S. The van der Waals surface area contributed by atoms with E-state index in [9.17, 15) is 8.42 Å². The van der Waals surface area contributed by atoms with Crippen molar-refractivity contribution in [2.45, 2.75) is 23.8 Å². The molecule has 0 unspecified atom stereocenters. The van der Waals surface area contributed by atoms with Gasteiger partial charge in [-0.15, -0.1) is 0 Å². The molecule has 21 heavy (non-hydrogen) atoms. The highest BCUT2D eigenvalue weighted by molar-refractivity contribution is 7.89. The van der Waals surface area contributed by atoms with Crippen LogP contribution in [-0.2, 0) is 14.8 Å². The summed E-state index contributed by atoms with van der Waals surface area (Å²) in [5, 5.41) is 3.26. The number of hydrogen-bond acceptors (Lipinski definition) is 5. The number of nitrogens with one attached hydrogen (secondary N) is 2. The Balaban J connectivity index is 1.83. The van der Waals surface area contributed by atoms with Crippen molar-refractivity contribution in [1.29, 1.82) is 0 Å². The maximum atomic E-state index is 12.2. The summed E-state index contributed by atoms with van der Waals surface area (Å²) in [6.45, 7) is 2.54. The molecule has 1 aromatic carbocycles. The Bertz CT molecular complexity index is 542. The quantitative estimate of drug-likeness (QED) is 0.726. The molecule has 118 valence electrons. The van der Waals surface area contributed by atoms with E-state index in [1.807, 2.05) is 0 Å². The number of ether oxygens (including phenoxy) is 2. The Labute approximate surface area is 125 Å². The van der Waals surface area contributed by atoms with Crippen molar-refractivity contribution in [2.75, 3.05) is 33.4 Å². The molecule has 0 radical (unpaired) electrons. The van der Waals surface area contributed by atoms with Crippen molar-refractivity contribution in [3.8, 4) is 5.75 Å². The first-order valence-electron chi connectivity index (χ1n) is 7.08. The van der Waals surface area contributed by atoms with Gasteiger partial charge in [0.25, 0.3) is 0 Å². The summed E-state index contributed by atoms with van der Waals surface area (Å²) in [4.78, 5) is 0.148. The van der Waals surface area contributed by atoms with Crippen LogP contribution in [0.15, 0.2) is 29.2 Å². The minimum absolute atomic E-state index is 0.148. The lowest BCUT2D eigenvalue weighted by Gasteiger charge is -2.23. The van der Waals surface area contributed by atoms with Crippen LogP contribution >= 0.6 is 0 Å². The molecule has 6 nitrogen and oxygen atoms in total. The van der Waals surface area contributed by atoms with Crippen LogP contribution in [0.25, 0.3) is 0 Å². The summed E-state index contributed by atoms with van der Waals surface area (Å²) >= 11 is 0. The molecule has 0 spiro atoms.